The van der Waals surface area contributed by atoms with E-state index in [-0.39, 0.29) is 11.9 Å². The number of nitrogens with two attached hydrogens (primary N) is 1. The number of rotatable bonds is 4. The number of nitrogens with one attached hydrogen (secondary N) is 1. The predicted octanol–water partition coefficient (Wildman–Crippen LogP) is 2.87. The first kappa shape index (κ1) is 14.0. The van der Waals surface area contributed by atoms with Crippen LogP contribution >= 0.6 is 15.9 Å². The van der Waals surface area contributed by atoms with Crippen molar-refractivity contribution < 1.29 is 8.78 Å². The van der Waals surface area contributed by atoms with Gasteiger partial charge in [-0.3, -0.25) is 16.3 Å². The molecule has 3 N–H and O–H groups in total. The zero-order valence-corrected chi connectivity index (χ0v) is 11.5. The number of hydrogen-bond acceptors (Lipinski definition) is 3. The van der Waals surface area contributed by atoms with Crippen LogP contribution in [0.25, 0.3) is 0 Å². The van der Waals surface area contributed by atoms with E-state index in [9.17, 15) is 8.78 Å². The van der Waals surface area contributed by atoms with Gasteiger partial charge in [0.2, 0.25) is 0 Å². The Balaban J connectivity index is 2.26. The fourth-order valence-electron chi connectivity index (χ4n) is 1.81. The largest absolute Gasteiger partial charge is 0.271 e. The summed E-state index contributed by atoms with van der Waals surface area (Å²) >= 11 is 3.35. The maximum Gasteiger partial charge on any atom is 0.141 e. The average molecular weight is 328 g/mol. The third-order valence-corrected chi connectivity index (χ3v) is 3.54. The highest BCUT2D eigenvalue weighted by Crippen LogP contribution is 2.24. The third-order valence-electron chi connectivity index (χ3n) is 2.76. The summed E-state index contributed by atoms with van der Waals surface area (Å²) < 4.78 is 27.1. The van der Waals surface area contributed by atoms with E-state index < -0.39 is 5.82 Å². The van der Waals surface area contributed by atoms with E-state index in [4.69, 9.17) is 5.84 Å². The van der Waals surface area contributed by atoms with Crippen molar-refractivity contribution in [3.8, 4) is 0 Å². The molecule has 0 radical (unpaired) electrons. The van der Waals surface area contributed by atoms with Gasteiger partial charge in [-0.15, -0.1) is 0 Å². The molecule has 19 heavy (non-hydrogen) atoms. The predicted molar refractivity (Wildman–Crippen MR) is 72.1 cm³/mol. The summed E-state index contributed by atoms with van der Waals surface area (Å²) in [5, 5.41) is 0. The summed E-state index contributed by atoms with van der Waals surface area (Å²) in [5.41, 5.74) is 3.94. The first-order valence-electron chi connectivity index (χ1n) is 5.60. The summed E-state index contributed by atoms with van der Waals surface area (Å²) in [6.45, 7) is 0. The molecule has 1 atom stereocenters. The Kier molecular flexibility index (Phi) is 4.57. The molecule has 2 rings (SSSR count). The van der Waals surface area contributed by atoms with Crippen molar-refractivity contribution in [1.82, 2.24) is 10.4 Å². The van der Waals surface area contributed by atoms with E-state index in [2.05, 4.69) is 26.3 Å². The summed E-state index contributed by atoms with van der Waals surface area (Å²) in [4.78, 5) is 3.78. The van der Waals surface area contributed by atoms with Crippen molar-refractivity contribution in [2.24, 2.45) is 5.84 Å². The number of halogens is 3. The van der Waals surface area contributed by atoms with Crippen molar-refractivity contribution in [3.05, 3.63) is 63.9 Å². The number of nitrogens with zero attached hydrogens (tertiary/aromatic N) is 1. The van der Waals surface area contributed by atoms with E-state index in [0.717, 1.165) is 16.2 Å². The van der Waals surface area contributed by atoms with Crippen LogP contribution in [0.15, 0.2) is 41.1 Å². The number of aromatic nitrogens is 1. The van der Waals surface area contributed by atoms with Crippen LogP contribution < -0.4 is 11.3 Å². The standard InChI is InChI=1S/C13H12BrF2N3/c14-12-2-1-10(15)3-8(12)5-13(19-17)9-4-11(16)7-18-6-9/h1-4,6-7,13,19H,5,17H2. The van der Waals surface area contributed by atoms with Crippen molar-refractivity contribution in [1.29, 1.82) is 0 Å². The molecule has 100 valence electrons. The Hall–Kier alpha value is -1.37. The first-order chi connectivity index (χ1) is 9.10. The molecule has 1 unspecified atom stereocenters. The third kappa shape index (κ3) is 3.56. The van der Waals surface area contributed by atoms with Crippen molar-refractivity contribution in [2.45, 2.75) is 12.5 Å². The quantitative estimate of drug-likeness (QED) is 0.670. The Bertz CT molecular complexity index is 578. The fourth-order valence-corrected chi connectivity index (χ4v) is 2.22. The van der Waals surface area contributed by atoms with Crippen LogP contribution in [-0.2, 0) is 6.42 Å². The highest BCUT2D eigenvalue weighted by molar-refractivity contribution is 9.10. The molecule has 0 fully saturated rings. The lowest BCUT2D eigenvalue weighted by atomic mass is 10.0. The molecule has 1 heterocycles. The maximum atomic E-state index is 13.2. The molecule has 0 bridgehead atoms. The SMILES string of the molecule is NNC(Cc1cc(F)ccc1Br)c1cncc(F)c1. The van der Waals surface area contributed by atoms with Crippen LogP contribution in [0.4, 0.5) is 8.78 Å². The number of hydrazine groups is 1. The van der Waals surface area contributed by atoms with Gasteiger partial charge >= 0.3 is 0 Å². The summed E-state index contributed by atoms with van der Waals surface area (Å²) in [5.74, 6) is 4.72. The molecule has 3 nitrogen and oxygen atoms in total. The summed E-state index contributed by atoms with van der Waals surface area (Å²) in [6.07, 6.45) is 3.07. The van der Waals surface area contributed by atoms with Gasteiger partial charge in [0.25, 0.3) is 0 Å². The van der Waals surface area contributed by atoms with E-state index >= 15 is 0 Å². The maximum absolute atomic E-state index is 13.2. The van der Waals surface area contributed by atoms with Gasteiger partial charge in [0.15, 0.2) is 0 Å². The van der Waals surface area contributed by atoms with Crippen molar-refractivity contribution >= 4 is 15.9 Å². The Morgan fingerprint density at radius 1 is 1.21 bits per heavy atom. The van der Waals surface area contributed by atoms with Crippen LogP contribution in [0, 0.1) is 11.6 Å². The van der Waals surface area contributed by atoms with Gasteiger partial charge in [0, 0.05) is 10.7 Å². The molecule has 0 saturated heterocycles. The number of pyridine rings is 1. The number of hydrogen-bond donors (Lipinski definition) is 2. The molecule has 0 aliphatic carbocycles. The first-order valence-corrected chi connectivity index (χ1v) is 6.40. The minimum Gasteiger partial charge on any atom is -0.271 e. The van der Waals surface area contributed by atoms with E-state index in [0.29, 0.717) is 12.0 Å². The molecule has 0 saturated carbocycles. The van der Waals surface area contributed by atoms with Crippen LogP contribution in [0.3, 0.4) is 0 Å². The van der Waals surface area contributed by atoms with Crippen molar-refractivity contribution in [3.63, 3.8) is 0 Å². The molecule has 1 aromatic heterocycles. The van der Waals surface area contributed by atoms with Gasteiger partial charge < -0.3 is 0 Å². The molecule has 0 spiro atoms. The van der Waals surface area contributed by atoms with Gasteiger partial charge in [0.1, 0.15) is 11.6 Å². The lowest BCUT2D eigenvalue weighted by molar-refractivity contribution is 0.537. The zero-order chi connectivity index (χ0) is 13.8. The molecule has 1 aromatic carbocycles. The Morgan fingerprint density at radius 2 is 2.00 bits per heavy atom. The molecule has 2 aromatic rings. The fraction of sp³-hybridized carbons (Fsp3) is 0.154. The van der Waals surface area contributed by atoms with E-state index in [1.807, 2.05) is 0 Å². The highest BCUT2D eigenvalue weighted by Gasteiger charge is 2.14. The van der Waals surface area contributed by atoms with Gasteiger partial charge in [-0.1, -0.05) is 15.9 Å². The van der Waals surface area contributed by atoms with Gasteiger partial charge in [-0.25, -0.2) is 8.78 Å². The topological polar surface area (TPSA) is 50.9 Å². The summed E-state index contributed by atoms with van der Waals surface area (Å²) in [7, 11) is 0. The van der Waals surface area contributed by atoms with E-state index in [1.165, 1.54) is 24.4 Å². The second kappa shape index (κ2) is 6.18. The van der Waals surface area contributed by atoms with Gasteiger partial charge in [0.05, 0.1) is 12.2 Å². The minimum absolute atomic E-state index is 0.327. The van der Waals surface area contributed by atoms with Gasteiger partial charge in [-0.2, -0.15) is 0 Å². The molecule has 6 heteroatoms. The molecule has 0 aliphatic rings. The molecule has 0 amide bonds. The second-order valence-electron chi connectivity index (χ2n) is 4.10. The minimum atomic E-state index is -0.434. The normalized spacial score (nSPS) is 12.4. The lowest BCUT2D eigenvalue weighted by Gasteiger charge is -2.17. The van der Waals surface area contributed by atoms with Crippen LogP contribution in [0.1, 0.15) is 17.2 Å². The van der Waals surface area contributed by atoms with E-state index in [1.54, 1.807) is 6.07 Å². The zero-order valence-electron chi connectivity index (χ0n) is 9.91. The second-order valence-corrected chi connectivity index (χ2v) is 4.95. The molecular formula is C13H12BrF2N3. The molecule has 0 aliphatic heterocycles. The number of benzene rings is 1. The Labute approximate surface area is 117 Å². The lowest BCUT2D eigenvalue weighted by Crippen LogP contribution is -2.29. The summed E-state index contributed by atoms with van der Waals surface area (Å²) in [6, 6.07) is 5.41. The van der Waals surface area contributed by atoms with Crippen LogP contribution in [-0.4, -0.2) is 4.98 Å². The smallest absolute Gasteiger partial charge is 0.141 e. The average Bonchev–Trinajstić information content (AvgIpc) is 2.39. The Morgan fingerprint density at radius 3 is 2.68 bits per heavy atom. The van der Waals surface area contributed by atoms with Crippen LogP contribution in [0.2, 0.25) is 0 Å². The monoisotopic (exact) mass is 327 g/mol. The highest BCUT2D eigenvalue weighted by atomic mass is 79.9. The van der Waals surface area contributed by atoms with Crippen LogP contribution in [0.5, 0.6) is 0 Å². The van der Waals surface area contributed by atoms with Gasteiger partial charge in [-0.05, 0) is 41.8 Å². The molecular weight excluding hydrogens is 316 g/mol. The van der Waals surface area contributed by atoms with Crippen molar-refractivity contribution in [2.75, 3.05) is 0 Å².